The molecule has 0 radical (unpaired) electrons. The van der Waals surface area contributed by atoms with Crippen molar-refractivity contribution in [2.45, 2.75) is 38.1 Å². The maximum Gasteiger partial charge on any atom is 0.174 e. The number of H-pyrrole nitrogens is 1. The van der Waals surface area contributed by atoms with E-state index in [0.717, 1.165) is 25.5 Å². The number of halogens is 2. The van der Waals surface area contributed by atoms with Crippen molar-refractivity contribution < 1.29 is 8.78 Å². The highest BCUT2D eigenvalue weighted by Crippen LogP contribution is 2.44. The first-order chi connectivity index (χ1) is 16.6. The summed E-state index contributed by atoms with van der Waals surface area (Å²) in [6, 6.07) is 12.7. The van der Waals surface area contributed by atoms with Gasteiger partial charge < -0.3 is 10.3 Å². The van der Waals surface area contributed by atoms with Gasteiger partial charge in [-0.25, -0.2) is 18.7 Å². The number of nitrogens with one attached hydrogen (secondary N) is 2. The number of hydrogen-bond donors (Lipinski definition) is 2. The number of rotatable bonds is 4. The number of pyridine rings is 2. The van der Waals surface area contributed by atoms with Gasteiger partial charge in [-0.3, -0.25) is 0 Å². The normalized spacial score (nSPS) is 21.5. The SMILES string of the molecule is N#Cc1c(-c2c[nH]c3ncc(F)cc23)nc(NC2CC3CCC2CC3)c(F)c1-c1ccccc1. The van der Waals surface area contributed by atoms with Gasteiger partial charge in [-0.15, -0.1) is 0 Å². The third-order valence-electron chi connectivity index (χ3n) is 7.43. The van der Waals surface area contributed by atoms with E-state index in [1.165, 1.54) is 18.9 Å². The molecule has 170 valence electrons. The van der Waals surface area contributed by atoms with E-state index in [4.69, 9.17) is 0 Å². The Hall–Kier alpha value is -3.79. The van der Waals surface area contributed by atoms with Crippen molar-refractivity contribution in [3.05, 3.63) is 66.0 Å². The first-order valence-corrected chi connectivity index (χ1v) is 11.7. The maximum absolute atomic E-state index is 16.0. The van der Waals surface area contributed by atoms with Crippen LogP contribution < -0.4 is 5.32 Å². The minimum Gasteiger partial charge on any atom is -0.365 e. The van der Waals surface area contributed by atoms with Crippen molar-refractivity contribution in [2.75, 3.05) is 5.32 Å². The monoisotopic (exact) mass is 455 g/mol. The second kappa shape index (κ2) is 8.21. The topological polar surface area (TPSA) is 77.4 Å². The number of aromatic nitrogens is 3. The summed E-state index contributed by atoms with van der Waals surface area (Å²) in [5, 5.41) is 14.0. The molecule has 34 heavy (non-hydrogen) atoms. The van der Waals surface area contributed by atoms with Crippen molar-refractivity contribution in [3.63, 3.8) is 0 Å². The summed E-state index contributed by atoms with van der Waals surface area (Å²) in [6.07, 6.45) is 8.55. The predicted octanol–water partition coefficient (Wildman–Crippen LogP) is 6.43. The smallest absolute Gasteiger partial charge is 0.174 e. The molecule has 4 aromatic rings. The molecule has 0 spiro atoms. The average molecular weight is 456 g/mol. The Morgan fingerprint density at radius 1 is 1.09 bits per heavy atom. The molecular weight excluding hydrogens is 432 g/mol. The Morgan fingerprint density at radius 2 is 1.88 bits per heavy atom. The van der Waals surface area contributed by atoms with Crippen molar-refractivity contribution in [2.24, 2.45) is 11.8 Å². The number of nitrogens with zero attached hydrogens (tertiary/aromatic N) is 3. The van der Waals surface area contributed by atoms with Crippen molar-refractivity contribution >= 4 is 16.9 Å². The summed E-state index contributed by atoms with van der Waals surface area (Å²) in [5.41, 5.74) is 2.22. The molecule has 7 rings (SSSR count). The summed E-state index contributed by atoms with van der Waals surface area (Å²) < 4.78 is 30.1. The van der Waals surface area contributed by atoms with E-state index < -0.39 is 11.6 Å². The van der Waals surface area contributed by atoms with Crippen molar-refractivity contribution in [1.82, 2.24) is 15.0 Å². The molecule has 3 aliphatic rings. The van der Waals surface area contributed by atoms with Gasteiger partial charge in [0.1, 0.15) is 17.5 Å². The third kappa shape index (κ3) is 3.41. The van der Waals surface area contributed by atoms with Gasteiger partial charge in [0.25, 0.3) is 0 Å². The zero-order valence-electron chi connectivity index (χ0n) is 18.5. The fourth-order valence-corrected chi connectivity index (χ4v) is 5.74. The van der Waals surface area contributed by atoms with Gasteiger partial charge in [-0.05, 0) is 42.7 Å². The molecule has 3 saturated carbocycles. The highest BCUT2D eigenvalue weighted by molar-refractivity contribution is 5.96. The van der Waals surface area contributed by atoms with Crippen LogP contribution in [-0.4, -0.2) is 21.0 Å². The van der Waals surface area contributed by atoms with E-state index >= 15 is 4.39 Å². The predicted molar refractivity (Wildman–Crippen MR) is 127 cm³/mol. The zero-order valence-corrected chi connectivity index (χ0v) is 18.5. The fourth-order valence-electron chi connectivity index (χ4n) is 5.74. The Bertz CT molecular complexity index is 1410. The Morgan fingerprint density at radius 3 is 2.59 bits per heavy atom. The van der Waals surface area contributed by atoms with E-state index in [0.29, 0.717) is 39.7 Å². The summed E-state index contributed by atoms with van der Waals surface area (Å²) in [4.78, 5) is 11.8. The molecule has 3 heterocycles. The maximum atomic E-state index is 16.0. The van der Waals surface area contributed by atoms with Crippen molar-refractivity contribution in [1.29, 1.82) is 5.26 Å². The van der Waals surface area contributed by atoms with Crippen LogP contribution in [0.4, 0.5) is 14.6 Å². The molecule has 2 N–H and O–H groups in total. The van der Waals surface area contributed by atoms with Gasteiger partial charge in [-0.1, -0.05) is 43.2 Å². The highest BCUT2D eigenvalue weighted by atomic mass is 19.1. The average Bonchev–Trinajstić information content (AvgIpc) is 3.29. The first-order valence-electron chi connectivity index (χ1n) is 11.7. The van der Waals surface area contributed by atoms with Crippen LogP contribution in [0.3, 0.4) is 0 Å². The molecule has 1 unspecified atom stereocenters. The minimum atomic E-state index is -0.530. The van der Waals surface area contributed by atoms with E-state index in [9.17, 15) is 9.65 Å². The van der Waals surface area contributed by atoms with E-state index in [1.807, 2.05) is 18.2 Å². The second-order valence-corrected chi connectivity index (χ2v) is 9.37. The molecule has 2 bridgehead atoms. The van der Waals surface area contributed by atoms with E-state index in [2.05, 4.69) is 26.3 Å². The lowest BCUT2D eigenvalue weighted by Crippen LogP contribution is -2.40. The van der Waals surface area contributed by atoms with Gasteiger partial charge in [-0.2, -0.15) is 5.26 Å². The lowest BCUT2D eigenvalue weighted by Gasteiger charge is -2.43. The van der Waals surface area contributed by atoms with Crippen molar-refractivity contribution in [3.8, 4) is 28.5 Å². The van der Waals surface area contributed by atoms with Crippen LogP contribution >= 0.6 is 0 Å². The van der Waals surface area contributed by atoms with Gasteiger partial charge in [0.15, 0.2) is 11.6 Å². The summed E-state index contributed by atoms with van der Waals surface area (Å²) in [5.74, 6) is 0.284. The molecule has 0 saturated heterocycles. The summed E-state index contributed by atoms with van der Waals surface area (Å²) in [7, 11) is 0. The van der Waals surface area contributed by atoms with Crippen LogP contribution in [0.5, 0.6) is 0 Å². The van der Waals surface area contributed by atoms with E-state index in [-0.39, 0.29) is 23.0 Å². The van der Waals surface area contributed by atoms with Gasteiger partial charge >= 0.3 is 0 Å². The van der Waals surface area contributed by atoms with Crippen LogP contribution in [0.1, 0.15) is 37.7 Å². The second-order valence-electron chi connectivity index (χ2n) is 9.37. The Labute approximate surface area is 195 Å². The summed E-state index contributed by atoms with van der Waals surface area (Å²) in [6.45, 7) is 0. The highest BCUT2D eigenvalue weighted by Gasteiger charge is 2.36. The standard InChI is InChI=1S/C27H23F2N5/c28-18-11-19-21(14-32-26(19)31-13-18)25-20(12-30)23(17-4-2-1-3-5-17)24(29)27(34-25)33-22-10-15-6-8-16(22)9-7-15/h1-5,11,13-16,22H,6-10H2,(H,31,32)(H,33,34). The fraction of sp³-hybridized carbons (Fsp3) is 0.296. The third-order valence-corrected chi connectivity index (χ3v) is 7.43. The largest absolute Gasteiger partial charge is 0.365 e. The van der Waals surface area contributed by atoms with Crippen LogP contribution in [0, 0.1) is 34.8 Å². The van der Waals surface area contributed by atoms with Crippen LogP contribution in [-0.2, 0) is 0 Å². The Balaban J connectivity index is 1.56. The Kier molecular flexibility index (Phi) is 5.02. The zero-order chi connectivity index (χ0) is 23.2. The number of hydrogen-bond acceptors (Lipinski definition) is 4. The number of benzene rings is 1. The quantitative estimate of drug-likeness (QED) is 0.372. The molecule has 3 fully saturated rings. The molecule has 5 nitrogen and oxygen atoms in total. The van der Waals surface area contributed by atoms with Gasteiger partial charge in [0, 0.05) is 28.8 Å². The van der Waals surface area contributed by atoms with Gasteiger partial charge in [0.05, 0.1) is 17.5 Å². The van der Waals surface area contributed by atoms with Crippen LogP contribution in [0.15, 0.2) is 48.8 Å². The number of fused-ring (bicyclic) bond motifs is 4. The molecule has 1 aromatic carbocycles. The molecular formula is C27H23F2N5. The lowest BCUT2D eigenvalue weighted by molar-refractivity contribution is 0.157. The first kappa shape index (κ1) is 20.8. The number of anilines is 1. The summed E-state index contributed by atoms with van der Waals surface area (Å²) >= 11 is 0. The molecule has 1 atom stereocenters. The lowest BCUT2D eigenvalue weighted by atomic mass is 9.68. The molecule has 3 aromatic heterocycles. The molecule has 7 heteroatoms. The van der Waals surface area contributed by atoms with E-state index in [1.54, 1.807) is 18.3 Å². The van der Waals surface area contributed by atoms with Gasteiger partial charge in [0.2, 0.25) is 0 Å². The molecule has 0 aliphatic heterocycles. The number of aromatic amines is 1. The molecule has 0 amide bonds. The van der Waals surface area contributed by atoms with Crippen LogP contribution in [0.25, 0.3) is 33.4 Å². The number of nitriles is 1. The minimum absolute atomic E-state index is 0.115. The van der Waals surface area contributed by atoms with Crippen LogP contribution in [0.2, 0.25) is 0 Å². The molecule has 3 aliphatic carbocycles.